The van der Waals surface area contributed by atoms with Crippen LogP contribution in [0.15, 0.2) is 57.5 Å². The van der Waals surface area contributed by atoms with Crippen molar-refractivity contribution in [2.75, 3.05) is 5.32 Å². The van der Waals surface area contributed by atoms with Crippen molar-refractivity contribution in [3.05, 3.63) is 71.8 Å². The number of carbonyl (C=O) groups is 2. The molecule has 0 aliphatic heterocycles. The summed E-state index contributed by atoms with van der Waals surface area (Å²) in [6, 6.07) is 12.7. The fraction of sp³-hybridized carbons (Fsp3) is 0.227. The van der Waals surface area contributed by atoms with E-state index < -0.39 is 5.91 Å². The number of Topliss-reactive ketones (excluding diaryl/α,β-unsaturated/α-hetero) is 1. The maximum Gasteiger partial charge on any atom is 0.279 e. The number of hydrogen-bond donors (Lipinski definition) is 1. The lowest BCUT2D eigenvalue weighted by molar-refractivity contribution is 0.0983. The monoisotopic (exact) mass is 417 g/mol. The fourth-order valence-corrected chi connectivity index (χ4v) is 3.18. The second-order valence-electron chi connectivity index (χ2n) is 7.41. The molecule has 9 nitrogen and oxygen atoms in total. The number of nitrogens with zero attached hydrogens (tertiary/aromatic N) is 4. The summed E-state index contributed by atoms with van der Waals surface area (Å²) in [5.41, 5.74) is 1.01. The van der Waals surface area contributed by atoms with Crippen LogP contribution >= 0.6 is 0 Å². The van der Waals surface area contributed by atoms with Crippen molar-refractivity contribution < 1.29 is 18.4 Å². The lowest BCUT2D eigenvalue weighted by Crippen LogP contribution is -2.14. The van der Waals surface area contributed by atoms with Gasteiger partial charge in [0.25, 0.3) is 5.91 Å². The van der Waals surface area contributed by atoms with Crippen LogP contribution in [0.4, 0.5) is 5.82 Å². The molecule has 5 rings (SSSR count). The molecule has 3 heterocycles. The van der Waals surface area contributed by atoms with E-state index in [2.05, 4.69) is 20.5 Å². The van der Waals surface area contributed by atoms with E-state index >= 15 is 0 Å². The Morgan fingerprint density at radius 2 is 1.94 bits per heavy atom. The third kappa shape index (κ3) is 4.02. The molecule has 9 heteroatoms. The quantitative estimate of drug-likeness (QED) is 0.453. The molecular weight excluding hydrogens is 398 g/mol. The van der Waals surface area contributed by atoms with Gasteiger partial charge in [0.1, 0.15) is 12.3 Å². The molecule has 1 N–H and O–H groups in total. The molecule has 1 saturated carbocycles. The zero-order chi connectivity index (χ0) is 21.4. The molecule has 0 bridgehead atoms. The highest BCUT2D eigenvalue weighted by Gasteiger charge is 2.32. The second-order valence-corrected chi connectivity index (χ2v) is 7.41. The van der Waals surface area contributed by atoms with Gasteiger partial charge in [-0.25, -0.2) is 4.98 Å². The molecule has 156 valence electrons. The topological polar surface area (TPSA) is 116 Å². The molecule has 4 aromatic rings. The minimum Gasteiger partial charge on any atom is -0.456 e. The Kier molecular flexibility index (Phi) is 4.70. The Labute approximate surface area is 177 Å². The number of rotatable bonds is 7. The van der Waals surface area contributed by atoms with E-state index in [1.807, 2.05) is 30.3 Å². The van der Waals surface area contributed by atoms with Crippen molar-refractivity contribution in [1.82, 2.24) is 20.0 Å². The predicted molar refractivity (Wildman–Crippen MR) is 110 cm³/mol. The van der Waals surface area contributed by atoms with Gasteiger partial charge >= 0.3 is 0 Å². The second kappa shape index (κ2) is 7.67. The highest BCUT2D eigenvalue weighted by molar-refractivity contribution is 6.06. The standard InChI is InChI=1S/C22H19N5O4/c1-13(28)17-10-9-16(30-17)12-27-23-11-18(26-27)24-21(29)19-20(14-5-3-2-4-6-14)31-22(25-19)15-7-8-15/h2-6,9-11,15H,7-8,12H2,1H3,(H,24,26,29). The minimum absolute atomic E-state index is 0.153. The van der Waals surface area contributed by atoms with E-state index in [-0.39, 0.29) is 35.5 Å². The van der Waals surface area contributed by atoms with Crippen LogP contribution < -0.4 is 5.32 Å². The minimum atomic E-state index is -0.418. The molecule has 3 aromatic heterocycles. The van der Waals surface area contributed by atoms with Crippen LogP contribution in [0.3, 0.4) is 0 Å². The van der Waals surface area contributed by atoms with Gasteiger partial charge in [0.15, 0.2) is 34.7 Å². The Hall–Kier alpha value is -4.01. The van der Waals surface area contributed by atoms with Crippen molar-refractivity contribution in [3.8, 4) is 11.3 Å². The molecule has 0 saturated heterocycles. The largest absolute Gasteiger partial charge is 0.456 e. The lowest BCUT2D eigenvalue weighted by Gasteiger charge is -2.01. The maximum absolute atomic E-state index is 12.9. The number of amides is 1. The number of carbonyl (C=O) groups excluding carboxylic acids is 2. The maximum atomic E-state index is 12.9. The summed E-state index contributed by atoms with van der Waals surface area (Å²) < 4.78 is 11.4. The number of nitrogens with one attached hydrogen (secondary N) is 1. The predicted octanol–water partition coefficient (Wildman–Crippen LogP) is 3.91. The lowest BCUT2D eigenvalue weighted by atomic mass is 10.1. The Morgan fingerprint density at radius 3 is 2.65 bits per heavy atom. The van der Waals surface area contributed by atoms with Gasteiger partial charge < -0.3 is 14.2 Å². The van der Waals surface area contributed by atoms with Crippen LogP contribution in [0, 0.1) is 0 Å². The van der Waals surface area contributed by atoms with Gasteiger partial charge in [0, 0.05) is 18.4 Å². The van der Waals surface area contributed by atoms with Crippen LogP contribution in [0.25, 0.3) is 11.3 Å². The van der Waals surface area contributed by atoms with E-state index in [4.69, 9.17) is 8.83 Å². The molecule has 31 heavy (non-hydrogen) atoms. The van der Waals surface area contributed by atoms with E-state index in [1.54, 1.807) is 12.1 Å². The first-order valence-electron chi connectivity index (χ1n) is 9.94. The van der Waals surface area contributed by atoms with Gasteiger partial charge in [0.05, 0.1) is 6.20 Å². The first-order chi connectivity index (χ1) is 15.1. The third-order valence-corrected chi connectivity index (χ3v) is 4.91. The summed E-state index contributed by atoms with van der Waals surface area (Å²) in [5.74, 6) is 1.83. The number of hydrogen-bond acceptors (Lipinski definition) is 7. The first kappa shape index (κ1) is 19.0. The van der Waals surface area contributed by atoms with Crippen molar-refractivity contribution in [1.29, 1.82) is 0 Å². The normalized spacial score (nSPS) is 13.3. The third-order valence-electron chi connectivity index (χ3n) is 4.91. The van der Waals surface area contributed by atoms with Gasteiger partial charge in [-0.3, -0.25) is 9.59 Å². The molecule has 0 atom stereocenters. The SMILES string of the molecule is CC(=O)c1ccc(Cn2ncc(NC(=O)c3nc(C4CC4)oc3-c3ccccc3)n2)o1. The average Bonchev–Trinajstić information content (AvgIpc) is 3.16. The molecule has 0 unspecified atom stereocenters. The van der Waals surface area contributed by atoms with Crippen LogP contribution in [-0.4, -0.2) is 31.7 Å². The van der Waals surface area contributed by atoms with Crippen molar-refractivity contribution in [2.24, 2.45) is 0 Å². The summed E-state index contributed by atoms with van der Waals surface area (Å²) in [4.78, 5) is 30.1. The number of furan rings is 1. The molecule has 1 fully saturated rings. The number of anilines is 1. The fourth-order valence-electron chi connectivity index (χ4n) is 3.18. The molecular formula is C22H19N5O4. The van der Waals surface area contributed by atoms with Crippen molar-refractivity contribution in [3.63, 3.8) is 0 Å². The van der Waals surface area contributed by atoms with Crippen molar-refractivity contribution >= 4 is 17.5 Å². The van der Waals surface area contributed by atoms with Gasteiger partial charge in [-0.2, -0.15) is 9.90 Å². The van der Waals surface area contributed by atoms with Gasteiger partial charge in [-0.05, 0) is 25.0 Å². The summed E-state index contributed by atoms with van der Waals surface area (Å²) in [6.45, 7) is 1.67. The number of benzene rings is 1. The van der Waals surface area contributed by atoms with E-state index in [0.717, 1.165) is 18.4 Å². The molecule has 1 aliphatic carbocycles. The summed E-state index contributed by atoms with van der Waals surface area (Å²) >= 11 is 0. The highest BCUT2D eigenvalue weighted by atomic mass is 16.4. The van der Waals surface area contributed by atoms with Gasteiger partial charge in [-0.15, -0.1) is 5.10 Å². The number of oxazole rings is 1. The summed E-state index contributed by atoms with van der Waals surface area (Å²) in [7, 11) is 0. The summed E-state index contributed by atoms with van der Waals surface area (Å²) in [6.07, 6.45) is 3.47. The first-order valence-corrected chi connectivity index (χ1v) is 9.94. The zero-order valence-electron chi connectivity index (χ0n) is 16.7. The van der Waals surface area contributed by atoms with Crippen LogP contribution in [0.2, 0.25) is 0 Å². The highest BCUT2D eigenvalue weighted by Crippen LogP contribution is 2.41. The molecule has 1 aromatic carbocycles. The van der Waals surface area contributed by atoms with Gasteiger partial charge in [-0.1, -0.05) is 30.3 Å². The van der Waals surface area contributed by atoms with Gasteiger partial charge in [0.2, 0.25) is 0 Å². The molecule has 1 amide bonds. The molecule has 0 radical (unpaired) electrons. The molecule has 1 aliphatic rings. The Balaban J connectivity index is 1.34. The zero-order valence-corrected chi connectivity index (χ0v) is 16.7. The Morgan fingerprint density at radius 1 is 1.13 bits per heavy atom. The van der Waals surface area contributed by atoms with Crippen molar-refractivity contribution in [2.45, 2.75) is 32.2 Å². The number of aromatic nitrogens is 4. The summed E-state index contributed by atoms with van der Waals surface area (Å²) in [5, 5.41) is 11.1. The van der Waals surface area contributed by atoms with Crippen LogP contribution in [0.5, 0.6) is 0 Å². The van der Waals surface area contributed by atoms with E-state index in [1.165, 1.54) is 17.9 Å². The number of ketones is 1. The Bertz CT molecular complexity index is 1250. The average molecular weight is 417 g/mol. The van der Waals surface area contributed by atoms with E-state index in [9.17, 15) is 9.59 Å². The van der Waals surface area contributed by atoms with E-state index in [0.29, 0.717) is 17.4 Å². The smallest absolute Gasteiger partial charge is 0.279 e. The molecule has 0 spiro atoms. The van der Waals surface area contributed by atoms with Crippen LogP contribution in [-0.2, 0) is 6.54 Å². The van der Waals surface area contributed by atoms with Crippen LogP contribution in [0.1, 0.15) is 58.4 Å².